The lowest BCUT2D eigenvalue weighted by Crippen LogP contribution is -2.33. The molecule has 0 aromatic heterocycles. The number of hydrogen-bond donors (Lipinski definition) is 0. The fraction of sp³-hybridized carbons (Fsp3) is 1.00. The maximum atomic E-state index is 5.81. The molecule has 3 atom stereocenters. The second kappa shape index (κ2) is 5.54. The molecule has 13 heavy (non-hydrogen) atoms. The van der Waals surface area contributed by atoms with Crippen LogP contribution in [0.15, 0.2) is 0 Å². The smallest absolute Gasteiger partial charge is 0.0983 e. The van der Waals surface area contributed by atoms with Crippen molar-refractivity contribution in [1.29, 1.82) is 0 Å². The molecule has 1 aliphatic rings. The van der Waals surface area contributed by atoms with E-state index in [2.05, 4.69) is 43.4 Å². The van der Waals surface area contributed by atoms with Crippen molar-refractivity contribution in [3.05, 3.63) is 0 Å². The molecule has 0 amide bonds. The fourth-order valence-electron chi connectivity index (χ4n) is 2.39. The first kappa shape index (κ1) is 11.8. The van der Waals surface area contributed by atoms with Gasteiger partial charge >= 0.3 is 0 Å². The van der Waals surface area contributed by atoms with Gasteiger partial charge in [-0.1, -0.05) is 49.8 Å². The van der Waals surface area contributed by atoms with Gasteiger partial charge in [0.1, 0.15) is 0 Å². The second-order valence-electron chi connectivity index (χ2n) is 4.64. The highest BCUT2D eigenvalue weighted by Gasteiger charge is 2.30. The molecule has 0 unspecified atom stereocenters. The minimum absolute atomic E-state index is 0.528. The predicted octanol–water partition coefficient (Wildman–Crippen LogP) is 3.86. The van der Waals surface area contributed by atoms with Crippen molar-refractivity contribution >= 4 is 22.6 Å². The summed E-state index contributed by atoms with van der Waals surface area (Å²) < 4.78 is 6.66. The SMILES string of the molecule is CC(C)[C@@H]1CC[C@@H](C)C[C@H]1OCI. The molecule has 0 radical (unpaired) electrons. The number of hydrogen-bond acceptors (Lipinski definition) is 1. The maximum Gasteiger partial charge on any atom is 0.0983 e. The van der Waals surface area contributed by atoms with Gasteiger partial charge in [-0.15, -0.1) is 0 Å². The zero-order valence-electron chi connectivity index (χ0n) is 8.92. The lowest BCUT2D eigenvalue weighted by molar-refractivity contribution is -0.0134. The molecule has 1 rings (SSSR count). The van der Waals surface area contributed by atoms with Crippen LogP contribution in [0.5, 0.6) is 0 Å². The van der Waals surface area contributed by atoms with Crippen LogP contribution in [-0.4, -0.2) is 10.7 Å². The van der Waals surface area contributed by atoms with Crippen LogP contribution in [0.1, 0.15) is 40.0 Å². The first-order valence-electron chi connectivity index (χ1n) is 5.32. The summed E-state index contributed by atoms with van der Waals surface area (Å²) in [5.74, 6) is 2.44. The first-order chi connectivity index (χ1) is 6.15. The number of rotatable bonds is 3. The topological polar surface area (TPSA) is 9.23 Å². The molecule has 0 aromatic rings. The Bertz CT molecular complexity index is 147. The Labute approximate surface area is 95.8 Å². The third-order valence-corrected chi connectivity index (χ3v) is 3.60. The van der Waals surface area contributed by atoms with Crippen LogP contribution in [-0.2, 0) is 4.74 Å². The van der Waals surface area contributed by atoms with Crippen molar-refractivity contribution in [2.45, 2.75) is 46.1 Å². The molecule has 78 valence electrons. The molecule has 0 heterocycles. The van der Waals surface area contributed by atoms with Crippen molar-refractivity contribution in [2.75, 3.05) is 4.61 Å². The van der Waals surface area contributed by atoms with Gasteiger partial charge in [0.15, 0.2) is 0 Å². The van der Waals surface area contributed by atoms with Gasteiger partial charge in [-0.05, 0) is 30.6 Å². The first-order valence-corrected chi connectivity index (χ1v) is 6.85. The van der Waals surface area contributed by atoms with Crippen LogP contribution >= 0.6 is 22.6 Å². The Morgan fingerprint density at radius 2 is 2.08 bits per heavy atom. The lowest BCUT2D eigenvalue weighted by atomic mass is 9.75. The third kappa shape index (κ3) is 3.39. The Morgan fingerprint density at radius 1 is 1.38 bits per heavy atom. The van der Waals surface area contributed by atoms with Crippen molar-refractivity contribution in [3.63, 3.8) is 0 Å². The van der Waals surface area contributed by atoms with Crippen LogP contribution in [0.3, 0.4) is 0 Å². The van der Waals surface area contributed by atoms with E-state index in [0.717, 1.165) is 22.4 Å². The summed E-state index contributed by atoms with van der Waals surface area (Å²) in [4.78, 5) is 0. The van der Waals surface area contributed by atoms with Gasteiger partial charge in [0.25, 0.3) is 0 Å². The number of ether oxygens (including phenoxy) is 1. The van der Waals surface area contributed by atoms with Crippen molar-refractivity contribution in [2.24, 2.45) is 17.8 Å². The van der Waals surface area contributed by atoms with E-state index < -0.39 is 0 Å². The fourth-order valence-corrected chi connectivity index (χ4v) is 2.85. The van der Waals surface area contributed by atoms with Gasteiger partial charge in [-0.3, -0.25) is 0 Å². The Balaban J connectivity index is 2.50. The minimum Gasteiger partial charge on any atom is -0.368 e. The highest BCUT2D eigenvalue weighted by atomic mass is 127. The van der Waals surface area contributed by atoms with Crippen molar-refractivity contribution in [3.8, 4) is 0 Å². The molecule has 0 aromatic carbocycles. The van der Waals surface area contributed by atoms with Crippen LogP contribution in [0.2, 0.25) is 0 Å². The van der Waals surface area contributed by atoms with Gasteiger partial charge in [0.05, 0.1) is 10.7 Å². The van der Waals surface area contributed by atoms with E-state index >= 15 is 0 Å². The standard InChI is InChI=1S/C11H21IO/c1-8(2)10-5-4-9(3)6-11(10)13-7-12/h8-11H,4-7H2,1-3H3/t9-,10+,11-/m1/s1. The van der Waals surface area contributed by atoms with Gasteiger partial charge in [0, 0.05) is 0 Å². The summed E-state index contributed by atoms with van der Waals surface area (Å²) in [7, 11) is 0. The molecular weight excluding hydrogens is 275 g/mol. The number of halogens is 1. The summed E-state index contributed by atoms with van der Waals surface area (Å²) in [6.45, 7) is 6.99. The number of alkyl halides is 1. The molecule has 0 spiro atoms. The highest BCUT2D eigenvalue weighted by Crippen LogP contribution is 2.35. The van der Waals surface area contributed by atoms with E-state index in [4.69, 9.17) is 4.74 Å². The molecule has 2 heteroatoms. The van der Waals surface area contributed by atoms with E-state index in [0.29, 0.717) is 6.10 Å². The molecule has 0 N–H and O–H groups in total. The molecule has 0 aliphatic heterocycles. The van der Waals surface area contributed by atoms with Crippen LogP contribution < -0.4 is 0 Å². The van der Waals surface area contributed by atoms with Gasteiger partial charge in [0.2, 0.25) is 0 Å². The molecule has 1 fully saturated rings. The van der Waals surface area contributed by atoms with Gasteiger partial charge in [-0.25, -0.2) is 0 Å². The highest BCUT2D eigenvalue weighted by molar-refractivity contribution is 14.1. The largest absolute Gasteiger partial charge is 0.368 e. The second-order valence-corrected chi connectivity index (χ2v) is 5.26. The zero-order chi connectivity index (χ0) is 9.84. The van der Waals surface area contributed by atoms with E-state index in [9.17, 15) is 0 Å². The van der Waals surface area contributed by atoms with Crippen LogP contribution in [0.4, 0.5) is 0 Å². The average molecular weight is 296 g/mol. The minimum atomic E-state index is 0.528. The Kier molecular flexibility index (Phi) is 5.01. The normalized spacial score (nSPS) is 35.3. The molecule has 1 saturated carbocycles. The molecule has 0 saturated heterocycles. The van der Waals surface area contributed by atoms with Crippen molar-refractivity contribution < 1.29 is 4.74 Å². The van der Waals surface area contributed by atoms with Gasteiger partial charge in [-0.2, -0.15) is 0 Å². The summed E-state index contributed by atoms with van der Waals surface area (Å²) in [6, 6.07) is 0. The van der Waals surface area contributed by atoms with E-state index in [1.54, 1.807) is 0 Å². The summed E-state index contributed by atoms with van der Waals surface area (Å²) in [5, 5.41) is 0. The molecule has 0 bridgehead atoms. The molecule has 1 aliphatic carbocycles. The maximum absolute atomic E-state index is 5.81. The van der Waals surface area contributed by atoms with E-state index in [1.165, 1.54) is 19.3 Å². The Hall–Kier alpha value is 0.690. The predicted molar refractivity (Wildman–Crippen MR) is 65.1 cm³/mol. The molecule has 1 nitrogen and oxygen atoms in total. The average Bonchev–Trinajstić information content (AvgIpc) is 2.04. The third-order valence-electron chi connectivity index (χ3n) is 3.24. The van der Waals surface area contributed by atoms with E-state index in [-0.39, 0.29) is 0 Å². The lowest BCUT2D eigenvalue weighted by Gasteiger charge is -2.36. The van der Waals surface area contributed by atoms with E-state index in [1.807, 2.05) is 0 Å². The zero-order valence-corrected chi connectivity index (χ0v) is 11.1. The Morgan fingerprint density at radius 3 is 2.62 bits per heavy atom. The quantitative estimate of drug-likeness (QED) is 0.567. The monoisotopic (exact) mass is 296 g/mol. The van der Waals surface area contributed by atoms with Crippen LogP contribution in [0, 0.1) is 17.8 Å². The molecular formula is C11H21IO. The summed E-state index contributed by atoms with van der Waals surface area (Å²) in [6.07, 6.45) is 4.55. The summed E-state index contributed by atoms with van der Waals surface area (Å²) in [5.41, 5.74) is 0. The van der Waals surface area contributed by atoms with Gasteiger partial charge < -0.3 is 4.74 Å². The van der Waals surface area contributed by atoms with Crippen molar-refractivity contribution in [1.82, 2.24) is 0 Å². The van der Waals surface area contributed by atoms with Crippen LogP contribution in [0.25, 0.3) is 0 Å². The summed E-state index contributed by atoms with van der Waals surface area (Å²) >= 11 is 2.31.